The van der Waals surface area contributed by atoms with Crippen molar-refractivity contribution in [1.82, 2.24) is 10.0 Å². The smallest absolute Gasteiger partial charge is 0.265 e. The van der Waals surface area contributed by atoms with Gasteiger partial charge in [-0.25, -0.2) is 13.1 Å². The molecule has 0 spiro atoms. The molecular formula is C16H16ClN3O4S. The van der Waals surface area contributed by atoms with E-state index in [2.05, 4.69) is 5.32 Å². The van der Waals surface area contributed by atoms with E-state index in [0.717, 1.165) is 11.6 Å². The van der Waals surface area contributed by atoms with Crippen LogP contribution in [0.4, 0.5) is 0 Å². The molecule has 0 saturated heterocycles. The molecule has 0 bridgehead atoms. The summed E-state index contributed by atoms with van der Waals surface area (Å²) in [6.45, 7) is -0.206. The van der Waals surface area contributed by atoms with Gasteiger partial charge in [-0.15, -0.1) is 0 Å². The zero-order valence-corrected chi connectivity index (χ0v) is 14.6. The molecule has 0 aromatic heterocycles. The lowest BCUT2D eigenvalue weighted by Gasteiger charge is -2.10. The van der Waals surface area contributed by atoms with Crippen molar-refractivity contribution in [2.45, 2.75) is 11.4 Å². The number of hydrogen-bond acceptors (Lipinski definition) is 5. The van der Waals surface area contributed by atoms with Crippen LogP contribution in [0, 0.1) is 0 Å². The van der Waals surface area contributed by atoms with Gasteiger partial charge in [-0.1, -0.05) is 41.9 Å². The lowest BCUT2D eigenvalue weighted by atomic mass is 10.2. The second-order valence-electron chi connectivity index (χ2n) is 5.05. The van der Waals surface area contributed by atoms with Crippen molar-refractivity contribution in [3.63, 3.8) is 0 Å². The minimum atomic E-state index is -4.22. The molecule has 0 unspecified atom stereocenters. The zero-order chi connectivity index (χ0) is 18.4. The molecule has 2 rings (SSSR count). The summed E-state index contributed by atoms with van der Waals surface area (Å²) in [5.41, 5.74) is 6.09. The maximum atomic E-state index is 12.2. The van der Waals surface area contributed by atoms with Crippen molar-refractivity contribution in [3.8, 4) is 0 Å². The highest BCUT2D eigenvalue weighted by atomic mass is 35.5. The normalized spacial score (nSPS) is 11.0. The maximum absolute atomic E-state index is 12.2. The Morgan fingerprint density at radius 2 is 1.76 bits per heavy atom. The number of carbonyl (C=O) groups excluding carboxylic acids is 2. The highest BCUT2D eigenvalue weighted by molar-refractivity contribution is 7.90. The summed E-state index contributed by atoms with van der Waals surface area (Å²) in [4.78, 5) is 23.1. The zero-order valence-electron chi connectivity index (χ0n) is 13.0. The molecular weight excluding hydrogens is 366 g/mol. The molecule has 25 heavy (non-hydrogen) atoms. The summed E-state index contributed by atoms with van der Waals surface area (Å²) in [6, 6.07) is 13.0. The van der Waals surface area contributed by atoms with E-state index < -0.39 is 28.4 Å². The van der Waals surface area contributed by atoms with Crippen LogP contribution >= 0.6 is 11.6 Å². The molecule has 0 aliphatic heterocycles. The van der Waals surface area contributed by atoms with Crippen molar-refractivity contribution in [1.29, 1.82) is 0 Å². The molecule has 2 aromatic carbocycles. The van der Waals surface area contributed by atoms with Crippen molar-refractivity contribution < 1.29 is 18.0 Å². The van der Waals surface area contributed by atoms with Crippen molar-refractivity contribution in [3.05, 3.63) is 64.7 Å². The number of carbonyl (C=O) groups is 2. The van der Waals surface area contributed by atoms with Gasteiger partial charge in [0.1, 0.15) is 4.90 Å². The van der Waals surface area contributed by atoms with E-state index in [1.165, 1.54) is 12.1 Å². The molecule has 0 aliphatic rings. The Morgan fingerprint density at radius 1 is 1.08 bits per heavy atom. The van der Waals surface area contributed by atoms with Gasteiger partial charge in [0.2, 0.25) is 5.91 Å². The summed E-state index contributed by atoms with van der Waals surface area (Å²) >= 11 is 5.89. The molecule has 0 saturated carbocycles. The van der Waals surface area contributed by atoms with Crippen molar-refractivity contribution in [2.24, 2.45) is 5.73 Å². The van der Waals surface area contributed by atoms with Gasteiger partial charge in [0.05, 0.1) is 11.6 Å². The van der Waals surface area contributed by atoms with Crippen LogP contribution in [0.15, 0.2) is 53.4 Å². The summed E-state index contributed by atoms with van der Waals surface area (Å²) in [5, 5.41) is 2.57. The molecule has 0 fully saturated rings. The standard InChI is InChI=1S/C16H16ClN3O4S/c17-13-7-6-12(8-14(13)25(23,24)20-15(21)9-18)16(22)19-10-11-4-2-1-3-5-11/h1-8H,9-10,18H2,(H,19,22)(H,20,21). The van der Waals surface area contributed by atoms with E-state index in [4.69, 9.17) is 17.3 Å². The third kappa shape index (κ3) is 5.02. The Morgan fingerprint density at radius 3 is 2.40 bits per heavy atom. The molecule has 4 N–H and O–H groups in total. The van der Waals surface area contributed by atoms with E-state index in [0.29, 0.717) is 0 Å². The van der Waals surface area contributed by atoms with Gasteiger partial charge < -0.3 is 11.1 Å². The van der Waals surface area contributed by atoms with E-state index in [1.54, 1.807) is 4.72 Å². The van der Waals surface area contributed by atoms with E-state index >= 15 is 0 Å². The van der Waals surface area contributed by atoms with Gasteiger partial charge in [-0.3, -0.25) is 9.59 Å². The number of benzene rings is 2. The van der Waals surface area contributed by atoms with Gasteiger partial charge in [0, 0.05) is 12.1 Å². The molecule has 132 valence electrons. The molecule has 2 amide bonds. The van der Waals surface area contributed by atoms with Crippen LogP contribution in [0.2, 0.25) is 5.02 Å². The fraction of sp³-hybridized carbons (Fsp3) is 0.125. The highest BCUT2D eigenvalue weighted by Gasteiger charge is 2.22. The first kappa shape index (κ1) is 18.9. The van der Waals surface area contributed by atoms with Crippen LogP contribution < -0.4 is 15.8 Å². The fourth-order valence-electron chi connectivity index (χ4n) is 1.98. The molecule has 9 heteroatoms. The lowest BCUT2D eigenvalue weighted by Crippen LogP contribution is -2.35. The largest absolute Gasteiger partial charge is 0.348 e. The first-order valence-corrected chi connectivity index (χ1v) is 9.07. The Kier molecular flexibility index (Phi) is 6.13. The number of halogens is 1. The number of amides is 2. The van der Waals surface area contributed by atoms with Crippen LogP contribution in [0.3, 0.4) is 0 Å². The summed E-state index contributed by atoms with van der Waals surface area (Å²) in [7, 11) is -4.22. The summed E-state index contributed by atoms with van der Waals surface area (Å²) in [6.07, 6.45) is 0. The van der Waals surface area contributed by atoms with Gasteiger partial charge in [0.25, 0.3) is 15.9 Å². The van der Waals surface area contributed by atoms with Gasteiger partial charge >= 0.3 is 0 Å². The molecule has 0 aliphatic carbocycles. The summed E-state index contributed by atoms with van der Waals surface area (Å²) < 4.78 is 26.1. The third-order valence-electron chi connectivity index (χ3n) is 3.21. The van der Waals surface area contributed by atoms with Gasteiger partial charge in [0.15, 0.2) is 0 Å². The number of nitrogens with two attached hydrogens (primary N) is 1. The molecule has 0 atom stereocenters. The van der Waals surface area contributed by atoms with Crippen molar-refractivity contribution in [2.75, 3.05) is 6.54 Å². The molecule has 0 radical (unpaired) electrons. The number of rotatable bonds is 6. The maximum Gasteiger partial charge on any atom is 0.265 e. The van der Waals surface area contributed by atoms with Gasteiger partial charge in [-0.2, -0.15) is 0 Å². The SMILES string of the molecule is NCC(=O)NS(=O)(=O)c1cc(C(=O)NCc2ccccc2)ccc1Cl. The minimum Gasteiger partial charge on any atom is -0.348 e. The average Bonchev–Trinajstić information content (AvgIpc) is 2.60. The molecule has 7 nitrogen and oxygen atoms in total. The second-order valence-corrected chi connectivity index (χ2v) is 7.10. The van der Waals surface area contributed by atoms with Crippen LogP contribution in [0.1, 0.15) is 15.9 Å². The fourth-order valence-corrected chi connectivity index (χ4v) is 3.50. The monoisotopic (exact) mass is 381 g/mol. The Balaban J connectivity index is 2.20. The first-order chi connectivity index (χ1) is 11.8. The first-order valence-electron chi connectivity index (χ1n) is 7.21. The van der Waals surface area contributed by atoms with Crippen LogP contribution in [0.5, 0.6) is 0 Å². The van der Waals surface area contributed by atoms with E-state index in [9.17, 15) is 18.0 Å². The Hall–Kier alpha value is -2.42. The predicted octanol–water partition coefficient (Wildman–Crippen LogP) is 1.03. The number of hydrogen-bond donors (Lipinski definition) is 3. The minimum absolute atomic E-state index is 0.0981. The van der Waals surface area contributed by atoms with Crippen LogP contribution in [-0.4, -0.2) is 26.8 Å². The Bertz CT molecular complexity index is 886. The Labute approximate surface area is 150 Å². The molecule has 0 heterocycles. The average molecular weight is 382 g/mol. The number of nitrogens with one attached hydrogen (secondary N) is 2. The van der Waals surface area contributed by atoms with E-state index in [1.807, 2.05) is 30.3 Å². The number of sulfonamides is 1. The highest BCUT2D eigenvalue weighted by Crippen LogP contribution is 2.22. The lowest BCUT2D eigenvalue weighted by molar-refractivity contribution is -0.118. The van der Waals surface area contributed by atoms with Crippen molar-refractivity contribution >= 4 is 33.4 Å². The third-order valence-corrected chi connectivity index (χ3v) is 5.07. The topological polar surface area (TPSA) is 118 Å². The van der Waals surface area contributed by atoms with Gasteiger partial charge in [-0.05, 0) is 23.8 Å². The van der Waals surface area contributed by atoms with Crippen LogP contribution in [0.25, 0.3) is 0 Å². The summed E-state index contributed by atoms with van der Waals surface area (Å²) in [5.74, 6) is -1.35. The molecule has 2 aromatic rings. The van der Waals surface area contributed by atoms with Crippen LogP contribution in [-0.2, 0) is 21.4 Å². The predicted molar refractivity (Wildman–Crippen MR) is 93.4 cm³/mol. The van der Waals surface area contributed by atoms with E-state index in [-0.39, 0.29) is 22.0 Å². The second kappa shape index (κ2) is 8.11. The quantitative estimate of drug-likeness (QED) is 0.690.